The van der Waals surface area contributed by atoms with Gasteiger partial charge in [-0.3, -0.25) is 9.59 Å². The number of likely N-dealkylation sites (tertiary alicyclic amines) is 1. The van der Waals surface area contributed by atoms with Crippen LogP contribution >= 0.6 is 0 Å². The number of hydrogen-bond acceptors (Lipinski definition) is 6. The van der Waals surface area contributed by atoms with E-state index < -0.39 is 5.91 Å². The molecule has 1 aliphatic heterocycles. The number of carbonyl (C=O) groups excluding carboxylic acids is 2. The molecule has 1 aromatic carbocycles. The molecule has 1 saturated heterocycles. The number of anilines is 1. The Morgan fingerprint density at radius 3 is 2.82 bits per heavy atom. The molecular weight excluding hydrogens is 434 g/mol. The molecule has 3 N–H and O–H groups in total. The molecule has 10 heteroatoms. The summed E-state index contributed by atoms with van der Waals surface area (Å²) in [5.41, 5.74) is 9.38. The molecule has 1 fully saturated rings. The van der Waals surface area contributed by atoms with Crippen molar-refractivity contribution in [2.45, 2.75) is 12.5 Å². The maximum absolute atomic E-state index is 12.3. The third kappa shape index (κ3) is 3.99. The standard InChI is InChI=1S/C24H25N7O3/c1-5-21(32)30-12-16(11-17(30)13-34-4)31-24(26-2)22(23(25)33)18(28-31)8-6-15-7-9-20-19(10-15)27-14-29(20)3/h5,7,9-10,13-14,16,26H,1,11-12H2,2-4H3,(H2,25,33)/b17-13+/t16-/m0/s1. The molecule has 0 bridgehead atoms. The molecule has 4 rings (SSSR count). The van der Waals surface area contributed by atoms with E-state index in [2.05, 4.69) is 33.8 Å². The van der Waals surface area contributed by atoms with Crippen molar-refractivity contribution in [1.82, 2.24) is 24.2 Å². The molecule has 1 aliphatic rings. The third-order valence-corrected chi connectivity index (χ3v) is 5.67. The normalized spacial score (nSPS) is 16.4. The van der Waals surface area contributed by atoms with Gasteiger partial charge < -0.3 is 25.3 Å². The number of nitrogens with one attached hydrogen (secondary N) is 1. The number of benzene rings is 1. The van der Waals surface area contributed by atoms with Gasteiger partial charge in [0.1, 0.15) is 17.6 Å². The van der Waals surface area contributed by atoms with E-state index in [1.54, 1.807) is 23.0 Å². The summed E-state index contributed by atoms with van der Waals surface area (Å²) in [7, 11) is 5.12. The van der Waals surface area contributed by atoms with Crippen LogP contribution in [-0.4, -0.2) is 56.7 Å². The molecule has 10 nitrogen and oxygen atoms in total. The van der Waals surface area contributed by atoms with Gasteiger partial charge >= 0.3 is 0 Å². The van der Waals surface area contributed by atoms with Crippen LogP contribution in [0.4, 0.5) is 5.82 Å². The lowest BCUT2D eigenvalue weighted by Crippen LogP contribution is -2.27. The highest BCUT2D eigenvalue weighted by atomic mass is 16.5. The zero-order chi connectivity index (χ0) is 24.4. The minimum atomic E-state index is -0.648. The SMILES string of the molecule is C=CC(=O)N1C[C@@H](n2nc(C#Cc3ccc4c(c3)ncn4C)c(C(N)=O)c2NC)C/C1=C\OC. The van der Waals surface area contributed by atoms with Gasteiger partial charge in [-0.1, -0.05) is 12.5 Å². The van der Waals surface area contributed by atoms with Gasteiger partial charge in [0.2, 0.25) is 5.91 Å². The number of nitrogens with two attached hydrogens (primary N) is 1. The van der Waals surface area contributed by atoms with Crippen molar-refractivity contribution in [3.63, 3.8) is 0 Å². The molecule has 2 amide bonds. The second kappa shape index (κ2) is 9.15. The van der Waals surface area contributed by atoms with E-state index in [0.29, 0.717) is 24.5 Å². The van der Waals surface area contributed by atoms with E-state index in [1.807, 2.05) is 29.8 Å². The van der Waals surface area contributed by atoms with Crippen LogP contribution in [0.3, 0.4) is 0 Å². The Labute approximate surface area is 196 Å². The topological polar surface area (TPSA) is 120 Å². The minimum absolute atomic E-state index is 0.194. The first-order valence-electron chi connectivity index (χ1n) is 10.6. The molecule has 3 aromatic rings. The Kier molecular flexibility index (Phi) is 6.10. The smallest absolute Gasteiger partial charge is 0.255 e. The number of allylic oxidation sites excluding steroid dienone is 1. The van der Waals surface area contributed by atoms with Crippen molar-refractivity contribution in [1.29, 1.82) is 0 Å². The van der Waals surface area contributed by atoms with Crippen LogP contribution in [0, 0.1) is 11.8 Å². The van der Waals surface area contributed by atoms with E-state index in [9.17, 15) is 9.59 Å². The number of aryl methyl sites for hydroxylation is 1. The summed E-state index contributed by atoms with van der Waals surface area (Å²) < 4.78 is 8.72. The van der Waals surface area contributed by atoms with Crippen LogP contribution in [0.2, 0.25) is 0 Å². The average Bonchev–Trinajstić information content (AvgIpc) is 3.52. The molecule has 0 spiro atoms. The highest BCUT2D eigenvalue weighted by molar-refractivity contribution is 6.00. The number of carbonyl (C=O) groups is 2. The predicted molar refractivity (Wildman–Crippen MR) is 128 cm³/mol. The molecule has 2 aromatic heterocycles. The summed E-state index contributed by atoms with van der Waals surface area (Å²) in [5, 5.41) is 7.63. The summed E-state index contributed by atoms with van der Waals surface area (Å²) in [6.07, 6.45) is 4.97. The van der Waals surface area contributed by atoms with Crippen molar-refractivity contribution in [3.8, 4) is 11.8 Å². The molecule has 0 unspecified atom stereocenters. The summed E-state index contributed by atoms with van der Waals surface area (Å²) in [4.78, 5) is 30.6. The summed E-state index contributed by atoms with van der Waals surface area (Å²) in [5.74, 6) is 5.59. The second-order valence-electron chi connectivity index (χ2n) is 7.80. The van der Waals surface area contributed by atoms with Crippen LogP contribution in [0.5, 0.6) is 0 Å². The van der Waals surface area contributed by atoms with Gasteiger partial charge in [-0.2, -0.15) is 5.10 Å². The molecule has 1 atom stereocenters. The number of hydrogen-bond donors (Lipinski definition) is 2. The van der Waals surface area contributed by atoms with E-state index in [4.69, 9.17) is 10.5 Å². The Bertz CT molecular complexity index is 1390. The van der Waals surface area contributed by atoms with E-state index in [0.717, 1.165) is 16.6 Å². The van der Waals surface area contributed by atoms with Gasteiger partial charge in [0.25, 0.3) is 5.91 Å². The largest absolute Gasteiger partial charge is 0.503 e. The molecule has 174 valence electrons. The zero-order valence-electron chi connectivity index (χ0n) is 19.2. The molecule has 0 saturated carbocycles. The van der Waals surface area contributed by atoms with E-state index >= 15 is 0 Å². The molecule has 0 radical (unpaired) electrons. The van der Waals surface area contributed by atoms with Crippen molar-refractivity contribution in [2.75, 3.05) is 26.0 Å². The number of primary amides is 1. The van der Waals surface area contributed by atoms with Gasteiger partial charge in [0.05, 0.1) is 36.2 Å². The van der Waals surface area contributed by atoms with Crippen LogP contribution in [0.15, 0.2) is 49.1 Å². The quantitative estimate of drug-likeness (QED) is 0.341. The number of ether oxygens (including phenoxy) is 1. The first kappa shape index (κ1) is 22.7. The highest BCUT2D eigenvalue weighted by Crippen LogP contribution is 2.34. The number of imidazole rings is 1. The number of nitrogens with zero attached hydrogens (tertiary/aromatic N) is 5. The minimum Gasteiger partial charge on any atom is -0.503 e. The fourth-order valence-electron chi connectivity index (χ4n) is 4.10. The number of aromatic nitrogens is 4. The molecule has 34 heavy (non-hydrogen) atoms. The number of methoxy groups -OCH3 is 1. The van der Waals surface area contributed by atoms with Gasteiger partial charge in [-0.05, 0) is 30.2 Å². The van der Waals surface area contributed by atoms with Crippen LogP contribution in [0.1, 0.15) is 34.1 Å². The van der Waals surface area contributed by atoms with Crippen molar-refractivity contribution >= 4 is 28.7 Å². The lowest BCUT2D eigenvalue weighted by Gasteiger charge is -2.16. The Morgan fingerprint density at radius 1 is 1.35 bits per heavy atom. The molecule has 3 heterocycles. The first-order valence-corrected chi connectivity index (χ1v) is 10.6. The average molecular weight is 460 g/mol. The van der Waals surface area contributed by atoms with E-state index in [-0.39, 0.29) is 23.2 Å². The monoisotopic (exact) mass is 459 g/mol. The molecular formula is C24H25N7O3. The third-order valence-electron chi connectivity index (χ3n) is 5.67. The van der Waals surface area contributed by atoms with Crippen LogP contribution in [-0.2, 0) is 16.6 Å². The van der Waals surface area contributed by atoms with Crippen molar-refractivity contribution in [2.24, 2.45) is 12.8 Å². The van der Waals surface area contributed by atoms with Crippen LogP contribution in [0.25, 0.3) is 11.0 Å². The Morgan fingerprint density at radius 2 is 2.15 bits per heavy atom. The summed E-state index contributed by atoms with van der Waals surface area (Å²) in [6, 6.07) is 5.44. The van der Waals surface area contributed by atoms with Gasteiger partial charge in [-0.15, -0.1) is 0 Å². The van der Waals surface area contributed by atoms with E-state index in [1.165, 1.54) is 19.4 Å². The van der Waals surface area contributed by atoms with Gasteiger partial charge in [0, 0.05) is 32.6 Å². The fraction of sp³-hybridized carbons (Fsp3) is 0.250. The number of amides is 2. The second-order valence-corrected chi connectivity index (χ2v) is 7.80. The summed E-state index contributed by atoms with van der Waals surface area (Å²) >= 11 is 0. The number of rotatable bonds is 5. The van der Waals surface area contributed by atoms with Crippen LogP contribution < -0.4 is 11.1 Å². The summed E-state index contributed by atoms with van der Waals surface area (Å²) in [6.45, 7) is 3.90. The fourth-order valence-corrected chi connectivity index (χ4v) is 4.10. The van der Waals surface area contributed by atoms with Gasteiger partial charge in [0.15, 0.2) is 5.69 Å². The van der Waals surface area contributed by atoms with Crippen molar-refractivity contribution < 1.29 is 14.3 Å². The Hall–Kier alpha value is -4.52. The maximum Gasteiger partial charge on any atom is 0.255 e. The van der Waals surface area contributed by atoms with Crippen molar-refractivity contribution in [3.05, 3.63) is 66.0 Å². The lowest BCUT2D eigenvalue weighted by atomic mass is 10.1. The first-order chi connectivity index (χ1) is 16.4. The zero-order valence-corrected chi connectivity index (χ0v) is 19.2. The predicted octanol–water partition coefficient (Wildman–Crippen LogP) is 1.76. The highest BCUT2D eigenvalue weighted by Gasteiger charge is 2.35. The van der Waals surface area contributed by atoms with Gasteiger partial charge in [-0.25, -0.2) is 9.67 Å². The maximum atomic E-state index is 12.3. The number of fused-ring (bicyclic) bond motifs is 1. The lowest BCUT2D eigenvalue weighted by molar-refractivity contribution is -0.123. The molecule has 0 aliphatic carbocycles. The Balaban J connectivity index is 1.74.